The predicted octanol–water partition coefficient (Wildman–Crippen LogP) is 2.69. The van der Waals surface area contributed by atoms with E-state index in [1.54, 1.807) is 4.68 Å². The summed E-state index contributed by atoms with van der Waals surface area (Å²) in [4.78, 5) is 20.3. The molecule has 0 radical (unpaired) electrons. The Balaban J connectivity index is 1.43. The molecule has 0 saturated heterocycles. The zero-order valence-corrected chi connectivity index (χ0v) is 15.7. The number of aromatic nitrogens is 6. The van der Waals surface area contributed by atoms with Crippen molar-refractivity contribution >= 4 is 28.5 Å². The predicted molar refractivity (Wildman–Crippen MR) is 105 cm³/mol. The Morgan fingerprint density at radius 2 is 2.00 bits per heavy atom. The first kappa shape index (κ1) is 18.1. The highest BCUT2D eigenvalue weighted by molar-refractivity contribution is 6.30. The monoisotopic (exact) mass is 395 g/mol. The lowest BCUT2D eigenvalue weighted by Crippen LogP contribution is -2.26. The molecule has 2 aromatic heterocycles. The van der Waals surface area contributed by atoms with Crippen LogP contribution in [0.4, 0.5) is 0 Å². The average molecular weight is 396 g/mol. The Morgan fingerprint density at radius 1 is 1.18 bits per heavy atom. The van der Waals surface area contributed by atoms with Crippen molar-refractivity contribution < 1.29 is 4.79 Å². The van der Waals surface area contributed by atoms with Crippen LogP contribution in [0, 0.1) is 0 Å². The number of hydrogen-bond donors (Lipinski definition) is 2. The minimum atomic E-state index is -0.0866. The summed E-state index contributed by atoms with van der Waals surface area (Å²) in [6, 6.07) is 15.2. The van der Waals surface area contributed by atoms with Crippen molar-refractivity contribution in [1.82, 2.24) is 35.5 Å². The molecule has 142 valence electrons. The van der Waals surface area contributed by atoms with Crippen LogP contribution in [0.3, 0.4) is 0 Å². The van der Waals surface area contributed by atoms with Crippen molar-refractivity contribution in [3.8, 4) is 0 Å². The number of carbonyl (C=O) groups excluding carboxylic acids is 1. The Hall–Kier alpha value is -3.26. The van der Waals surface area contributed by atoms with Gasteiger partial charge in [-0.3, -0.25) is 4.79 Å². The lowest BCUT2D eigenvalue weighted by molar-refractivity contribution is -0.121. The first-order valence-corrected chi connectivity index (χ1v) is 9.22. The Labute approximate surface area is 165 Å². The Kier molecular flexibility index (Phi) is 5.29. The zero-order chi connectivity index (χ0) is 19.3. The highest BCUT2D eigenvalue weighted by atomic mass is 35.5. The Morgan fingerprint density at radius 3 is 2.75 bits per heavy atom. The fourth-order valence-corrected chi connectivity index (χ4v) is 3.21. The molecule has 0 spiro atoms. The van der Waals surface area contributed by atoms with E-state index in [1.807, 2.05) is 48.5 Å². The maximum atomic E-state index is 12.6. The van der Waals surface area contributed by atoms with Crippen LogP contribution in [-0.2, 0) is 17.9 Å². The average Bonchev–Trinajstić information content (AvgIpc) is 3.35. The van der Waals surface area contributed by atoms with Crippen molar-refractivity contribution in [3.63, 3.8) is 0 Å². The second kappa shape index (κ2) is 8.18. The van der Waals surface area contributed by atoms with Gasteiger partial charge in [-0.25, -0.2) is 9.67 Å². The number of nitrogens with one attached hydrogen (secondary N) is 2. The summed E-state index contributed by atoms with van der Waals surface area (Å²) < 4.78 is 1.62. The minimum absolute atomic E-state index is 0.0755. The quantitative estimate of drug-likeness (QED) is 0.501. The maximum Gasteiger partial charge on any atom is 0.221 e. The highest BCUT2D eigenvalue weighted by Crippen LogP contribution is 2.23. The number of para-hydroxylation sites is 2. The lowest BCUT2D eigenvalue weighted by atomic mass is 9.95. The van der Waals surface area contributed by atoms with Crippen LogP contribution >= 0.6 is 11.6 Å². The molecule has 0 aliphatic heterocycles. The molecule has 28 heavy (non-hydrogen) atoms. The van der Waals surface area contributed by atoms with Gasteiger partial charge in [-0.05, 0) is 40.3 Å². The van der Waals surface area contributed by atoms with Gasteiger partial charge >= 0.3 is 0 Å². The van der Waals surface area contributed by atoms with Crippen LogP contribution in [0.1, 0.15) is 23.7 Å². The Bertz CT molecular complexity index is 1030. The number of carbonyl (C=O) groups is 1. The van der Waals surface area contributed by atoms with Crippen LogP contribution in [-0.4, -0.2) is 36.1 Å². The largest absolute Gasteiger partial charge is 0.349 e. The van der Waals surface area contributed by atoms with Crippen LogP contribution < -0.4 is 5.32 Å². The van der Waals surface area contributed by atoms with Crippen LogP contribution in [0.25, 0.3) is 11.0 Å². The van der Waals surface area contributed by atoms with E-state index in [1.165, 1.54) is 6.33 Å². The summed E-state index contributed by atoms with van der Waals surface area (Å²) in [6.45, 7) is 0.832. The van der Waals surface area contributed by atoms with E-state index < -0.39 is 0 Å². The summed E-state index contributed by atoms with van der Waals surface area (Å²) in [5, 5.41) is 14.8. The van der Waals surface area contributed by atoms with Gasteiger partial charge in [0.2, 0.25) is 5.91 Å². The number of hydrogen-bond acceptors (Lipinski definition) is 5. The van der Waals surface area contributed by atoms with Crippen LogP contribution in [0.2, 0.25) is 5.02 Å². The molecule has 8 nitrogen and oxygen atoms in total. The second-order valence-electron chi connectivity index (χ2n) is 6.46. The summed E-state index contributed by atoms with van der Waals surface area (Å²) in [6.07, 6.45) is 1.83. The molecule has 1 atom stereocenters. The van der Waals surface area contributed by atoms with Crippen molar-refractivity contribution in [2.24, 2.45) is 0 Å². The summed E-state index contributed by atoms with van der Waals surface area (Å²) in [7, 11) is 0. The van der Waals surface area contributed by atoms with Gasteiger partial charge in [0, 0.05) is 17.4 Å². The molecule has 2 N–H and O–H groups in total. The SMILES string of the molecule is O=C(C[C@@H](Cn1cnnn1)c1ccc(Cl)cc1)NCc1nc2ccccc2[nH]1. The van der Waals surface area contributed by atoms with Crippen molar-refractivity contribution in [2.75, 3.05) is 0 Å². The van der Waals surface area contributed by atoms with Crippen molar-refractivity contribution in [3.05, 3.63) is 71.3 Å². The molecule has 0 fully saturated rings. The molecule has 4 rings (SSSR count). The molecule has 4 aromatic rings. The molecule has 1 amide bonds. The fourth-order valence-electron chi connectivity index (χ4n) is 3.08. The van der Waals surface area contributed by atoms with Gasteiger partial charge in [-0.1, -0.05) is 35.9 Å². The molecule has 9 heteroatoms. The number of benzene rings is 2. The molecule has 0 unspecified atom stereocenters. The van der Waals surface area contributed by atoms with E-state index in [0.717, 1.165) is 22.4 Å². The third-order valence-electron chi connectivity index (χ3n) is 4.46. The molecular formula is C19H18ClN7O. The lowest BCUT2D eigenvalue weighted by Gasteiger charge is -2.16. The number of aromatic amines is 1. The highest BCUT2D eigenvalue weighted by Gasteiger charge is 2.18. The number of nitrogens with zero attached hydrogens (tertiary/aromatic N) is 5. The summed E-state index contributed by atoms with van der Waals surface area (Å²) in [5.41, 5.74) is 2.83. The number of amides is 1. The second-order valence-corrected chi connectivity index (χ2v) is 6.90. The number of halogens is 1. The van der Waals surface area contributed by atoms with Crippen LogP contribution in [0.15, 0.2) is 54.9 Å². The van der Waals surface area contributed by atoms with Crippen LogP contribution in [0.5, 0.6) is 0 Å². The summed E-state index contributed by atoms with van der Waals surface area (Å²) in [5.74, 6) is 0.558. The van der Waals surface area contributed by atoms with Gasteiger partial charge in [0.15, 0.2) is 0 Å². The zero-order valence-electron chi connectivity index (χ0n) is 14.9. The standard InChI is InChI=1S/C19H18ClN7O/c20-15-7-5-13(6-8-15)14(11-27-12-22-25-26-27)9-19(28)21-10-18-23-16-3-1-2-4-17(16)24-18/h1-8,12,14H,9-11H2,(H,21,28)(H,23,24)/t14-/m0/s1. The number of H-pyrrole nitrogens is 1. The third kappa shape index (κ3) is 4.34. The van der Waals surface area contributed by atoms with Gasteiger partial charge in [0.1, 0.15) is 12.2 Å². The normalized spacial score (nSPS) is 12.2. The fraction of sp³-hybridized carbons (Fsp3) is 0.211. The number of fused-ring (bicyclic) bond motifs is 1. The van der Waals surface area contributed by atoms with Gasteiger partial charge < -0.3 is 10.3 Å². The third-order valence-corrected chi connectivity index (χ3v) is 4.72. The maximum absolute atomic E-state index is 12.6. The number of rotatable bonds is 7. The molecular weight excluding hydrogens is 378 g/mol. The molecule has 0 saturated carbocycles. The minimum Gasteiger partial charge on any atom is -0.349 e. The summed E-state index contributed by atoms with van der Waals surface area (Å²) >= 11 is 5.99. The van der Waals surface area contributed by atoms with Crippen molar-refractivity contribution in [2.45, 2.75) is 25.4 Å². The van der Waals surface area contributed by atoms with E-state index in [4.69, 9.17) is 11.6 Å². The van der Waals surface area contributed by atoms with Crippen molar-refractivity contribution in [1.29, 1.82) is 0 Å². The van der Waals surface area contributed by atoms with Gasteiger partial charge in [-0.2, -0.15) is 0 Å². The van der Waals surface area contributed by atoms with E-state index in [0.29, 0.717) is 24.5 Å². The van der Waals surface area contributed by atoms with Gasteiger partial charge in [-0.15, -0.1) is 5.10 Å². The topological polar surface area (TPSA) is 101 Å². The van der Waals surface area contributed by atoms with Gasteiger partial charge in [0.05, 0.1) is 24.1 Å². The number of tetrazole rings is 1. The van der Waals surface area contributed by atoms with E-state index in [-0.39, 0.29) is 11.8 Å². The van der Waals surface area contributed by atoms with E-state index in [9.17, 15) is 4.79 Å². The number of imidazole rings is 1. The molecule has 2 heterocycles. The molecule has 2 aromatic carbocycles. The molecule has 0 aliphatic rings. The smallest absolute Gasteiger partial charge is 0.221 e. The van der Waals surface area contributed by atoms with Gasteiger partial charge in [0.25, 0.3) is 0 Å². The first-order valence-electron chi connectivity index (χ1n) is 8.84. The molecule has 0 bridgehead atoms. The first-order chi connectivity index (χ1) is 13.7. The molecule has 0 aliphatic carbocycles. The van der Waals surface area contributed by atoms with E-state index in [2.05, 4.69) is 30.8 Å². The van der Waals surface area contributed by atoms with E-state index >= 15 is 0 Å².